The summed E-state index contributed by atoms with van der Waals surface area (Å²) in [6.45, 7) is 9.36. The molecule has 0 radical (unpaired) electrons. The number of hydrogen-bond donors (Lipinski definition) is 1. The molecule has 0 fully saturated rings. The predicted molar refractivity (Wildman–Crippen MR) is 311 cm³/mol. The molecule has 0 aliphatic heterocycles. The number of halogens is 1. The summed E-state index contributed by atoms with van der Waals surface area (Å²) in [7, 11) is 0. The predicted octanol–water partition coefficient (Wildman–Crippen LogP) is 18.6. The van der Waals surface area contributed by atoms with Crippen LogP contribution in [0.1, 0.15) is 49.9 Å². The Balaban J connectivity index is 0.000000113. The van der Waals surface area contributed by atoms with Crippen molar-refractivity contribution in [3.63, 3.8) is 0 Å². The molecule has 1 N–H and O–H groups in total. The zero-order chi connectivity index (χ0) is 49.2. The number of para-hydroxylation sites is 2. The Morgan fingerprint density at radius 2 is 0.918 bits per heavy atom. The van der Waals surface area contributed by atoms with Gasteiger partial charge in [-0.2, -0.15) is 0 Å². The molecule has 5 heteroatoms. The lowest BCUT2D eigenvalue weighted by Crippen LogP contribution is -2.15. The van der Waals surface area contributed by atoms with Gasteiger partial charge in [0, 0.05) is 81.8 Å². The third-order valence-electron chi connectivity index (χ3n) is 16.0. The molecule has 0 unspecified atom stereocenters. The van der Waals surface area contributed by atoms with Gasteiger partial charge < -0.3 is 9.55 Å². The average molecular weight is 1000 g/mol. The van der Waals surface area contributed by atoms with Gasteiger partial charge in [0.25, 0.3) is 0 Å². The van der Waals surface area contributed by atoms with Crippen LogP contribution in [0.25, 0.3) is 115 Å². The molecule has 10 aromatic carbocycles. The van der Waals surface area contributed by atoms with Crippen LogP contribution >= 0.6 is 15.9 Å². The molecule has 348 valence electrons. The van der Waals surface area contributed by atoms with Crippen LogP contribution in [-0.4, -0.2) is 19.5 Å². The van der Waals surface area contributed by atoms with E-state index in [-0.39, 0.29) is 10.8 Å². The van der Waals surface area contributed by atoms with Crippen LogP contribution in [0.3, 0.4) is 0 Å². The second-order valence-corrected chi connectivity index (χ2v) is 21.6. The summed E-state index contributed by atoms with van der Waals surface area (Å²) in [6.07, 6.45) is 3.73. The lowest BCUT2D eigenvalue weighted by molar-refractivity contribution is 0.661. The van der Waals surface area contributed by atoms with Gasteiger partial charge in [0.1, 0.15) is 0 Å². The Morgan fingerprint density at radius 3 is 1.62 bits per heavy atom. The molecule has 73 heavy (non-hydrogen) atoms. The largest absolute Gasteiger partial charge is 0.355 e. The fourth-order valence-electron chi connectivity index (χ4n) is 12.4. The highest BCUT2D eigenvalue weighted by atomic mass is 79.9. The van der Waals surface area contributed by atoms with Crippen molar-refractivity contribution in [3.05, 3.63) is 245 Å². The lowest BCUT2D eigenvalue weighted by Gasteiger charge is -2.22. The number of fused-ring (bicyclic) bond motifs is 18. The van der Waals surface area contributed by atoms with Gasteiger partial charge in [-0.1, -0.05) is 189 Å². The van der Waals surface area contributed by atoms with E-state index in [9.17, 15) is 0 Å². The zero-order valence-corrected chi connectivity index (χ0v) is 42.6. The smallest absolute Gasteiger partial charge is 0.0801 e. The number of benzene rings is 10. The SMILES string of the molecule is Brc1cccc2ccc3cccnc3c12.CC1(C)c2ccccc2-c2cc3c(cc21)[nH]c1ccccc13.CC1(C)c2ccccc2-c2cc3c4ccccc4n(-c4cccc5ccc6cccnc6c45)c3cc21. The fourth-order valence-corrected chi connectivity index (χ4v) is 13.0. The summed E-state index contributed by atoms with van der Waals surface area (Å²) in [5, 5.41) is 12.4. The number of hydrogen-bond acceptors (Lipinski definition) is 2. The maximum absolute atomic E-state index is 4.83. The van der Waals surface area contributed by atoms with E-state index in [0.717, 1.165) is 20.9 Å². The Bertz CT molecular complexity index is 4590. The molecule has 2 aliphatic carbocycles. The average Bonchev–Trinajstić information content (AvgIpc) is 4.11. The second-order valence-electron chi connectivity index (χ2n) is 20.7. The molecule has 4 aromatic heterocycles. The third kappa shape index (κ3) is 6.58. The minimum Gasteiger partial charge on any atom is -0.355 e. The van der Waals surface area contributed by atoms with Gasteiger partial charge in [-0.3, -0.25) is 9.97 Å². The molecule has 4 heterocycles. The van der Waals surface area contributed by atoms with Crippen LogP contribution in [-0.2, 0) is 10.8 Å². The first kappa shape index (κ1) is 43.4. The number of rotatable bonds is 1. The number of aromatic nitrogens is 4. The molecule has 0 spiro atoms. The number of pyridine rings is 2. The Morgan fingerprint density at radius 1 is 0.384 bits per heavy atom. The van der Waals surface area contributed by atoms with Crippen molar-refractivity contribution in [2.24, 2.45) is 0 Å². The van der Waals surface area contributed by atoms with Gasteiger partial charge in [-0.25, -0.2) is 0 Å². The van der Waals surface area contributed by atoms with Crippen molar-refractivity contribution in [2.45, 2.75) is 38.5 Å². The highest BCUT2D eigenvalue weighted by Gasteiger charge is 2.37. The van der Waals surface area contributed by atoms with Crippen LogP contribution < -0.4 is 0 Å². The van der Waals surface area contributed by atoms with Crippen molar-refractivity contribution in [1.29, 1.82) is 0 Å². The highest BCUT2D eigenvalue weighted by molar-refractivity contribution is 9.10. The first-order valence-electron chi connectivity index (χ1n) is 25.2. The second kappa shape index (κ2) is 16.3. The maximum Gasteiger partial charge on any atom is 0.0801 e. The summed E-state index contributed by atoms with van der Waals surface area (Å²) in [5.74, 6) is 0. The molecular weight excluding hydrogens is 953 g/mol. The van der Waals surface area contributed by atoms with E-state index in [0.29, 0.717) is 0 Å². The van der Waals surface area contributed by atoms with Crippen LogP contribution in [0.15, 0.2) is 223 Å². The molecule has 14 aromatic rings. The fraction of sp³-hybridized carbons (Fsp3) is 0.0882. The summed E-state index contributed by atoms with van der Waals surface area (Å²) in [6, 6.07) is 74.3. The monoisotopic (exact) mass is 1000 g/mol. The van der Waals surface area contributed by atoms with E-state index in [2.05, 4.69) is 246 Å². The number of nitrogens with zero attached hydrogens (tertiary/aromatic N) is 3. The molecule has 16 rings (SSSR count). The summed E-state index contributed by atoms with van der Waals surface area (Å²) in [5.41, 5.74) is 19.4. The number of H-pyrrole nitrogens is 1. The molecule has 0 saturated heterocycles. The molecule has 2 aliphatic rings. The van der Waals surface area contributed by atoms with Crippen LogP contribution in [0.4, 0.5) is 0 Å². The molecule has 0 saturated carbocycles. The van der Waals surface area contributed by atoms with E-state index in [1.54, 1.807) is 0 Å². The minimum atomic E-state index is -0.0472. The van der Waals surface area contributed by atoms with Crippen LogP contribution in [0.2, 0.25) is 0 Å². The van der Waals surface area contributed by atoms with Gasteiger partial charge in [0.05, 0.1) is 27.8 Å². The van der Waals surface area contributed by atoms with Crippen molar-refractivity contribution in [1.82, 2.24) is 19.5 Å². The molecule has 0 amide bonds. The Hall–Kier alpha value is -8.38. The maximum atomic E-state index is 4.83. The Kier molecular flexibility index (Phi) is 9.71. The number of aromatic amines is 1. The topological polar surface area (TPSA) is 46.5 Å². The quantitative estimate of drug-likeness (QED) is 0.167. The van der Waals surface area contributed by atoms with Crippen molar-refractivity contribution in [2.75, 3.05) is 0 Å². The number of nitrogens with one attached hydrogen (secondary N) is 1. The standard InChI is InChI=1S/C34H24N2.C21H17N.C13H8BrN/c1-34(2)27-13-5-3-11-23(27)25-19-26-24-12-4-6-14-29(24)36(31(26)20-28(25)34)30-15-7-9-21-16-17-22-10-8-18-35-33(22)32(21)30;1-21(2)17-9-5-3-7-13(17)15-11-16-14-8-4-6-10-19(14)22-20(16)12-18(15)21;14-11-5-1-3-9-6-7-10-4-2-8-15-13(10)12(9)11/h3-20H,1-2H3;3-12,22H,1-2H3;1-8H. The first-order valence-corrected chi connectivity index (χ1v) is 26.0. The summed E-state index contributed by atoms with van der Waals surface area (Å²) in [4.78, 5) is 12.8. The van der Waals surface area contributed by atoms with Crippen LogP contribution in [0.5, 0.6) is 0 Å². The molecule has 0 atom stereocenters. The first-order chi connectivity index (χ1) is 35.6. The third-order valence-corrected chi connectivity index (χ3v) is 16.6. The van der Waals surface area contributed by atoms with E-state index < -0.39 is 0 Å². The van der Waals surface area contributed by atoms with Gasteiger partial charge in [-0.05, 0) is 116 Å². The zero-order valence-electron chi connectivity index (χ0n) is 41.0. The van der Waals surface area contributed by atoms with Crippen LogP contribution in [0, 0.1) is 0 Å². The Labute approximate surface area is 431 Å². The molecule has 4 nitrogen and oxygen atoms in total. The van der Waals surface area contributed by atoms with Gasteiger partial charge >= 0.3 is 0 Å². The van der Waals surface area contributed by atoms with Crippen molar-refractivity contribution < 1.29 is 0 Å². The summed E-state index contributed by atoms with van der Waals surface area (Å²) >= 11 is 3.58. The lowest BCUT2D eigenvalue weighted by atomic mass is 9.82. The molecular formula is C68H49BrN4. The normalized spacial score (nSPS) is 13.8. The highest BCUT2D eigenvalue weighted by Crippen LogP contribution is 2.52. The summed E-state index contributed by atoms with van der Waals surface area (Å²) < 4.78 is 3.56. The van der Waals surface area contributed by atoms with E-state index >= 15 is 0 Å². The minimum absolute atomic E-state index is 0.0472. The van der Waals surface area contributed by atoms with Crippen molar-refractivity contribution >= 4 is 103 Å². The van der Waals surface area contributed by atoms with Crippen molar-refractivity contribution in [3.8, 4) is 27.9 Å². The van der Waals surface area contributed by atoms with E-state index in [1.165, 1.54) is 121 Å². The molecule has 0 bridgehead atoms. The van der Waals surface area contributed by atoms with Gasteiger partial charge in [0.15, 0.2) is 0 Å². The van der Waals surface area contributed by atoms with Gasteiger partial charge in [-0.15, -0.1) is 0 Å². The van der Waals surface area contributed by atoms with Gasteiger partial charge in [0.2, 0.25) is 0 Å². The van der Waals surface area contributed by atoms with E-state index in [1.807, 2.05) is 30.6 Å². The van der Waals surface area contributed by atoms with E-state index in [4.69, 9.17) is 4.98 Å².